The first-order valence-corrected chi connectivity index (χ1v) is 4.08. The van der Waals surface area contributed by atoms with Gasteiger partial charge in [0.05, 0.1) is 6.61 Å². The van der Waals surface area contributed by atoms with Gasteiger partial charge >= 0.3 is 0 Å². The third-order valence-electron chi connectivity index (χ3n) is 1.89. The van der Waals surface area contributed by atoms with Gasteiger partial charge in [-0.2, -0.15) is 0 Å². The van der Waals surface area contributed by atoms with Gasteiger partial charge in [-0.25, -0.2) is 13.2 Å². The van der Waals surface area contributed by atoms with Gasteiger partial charge in [0.1, 0.15) is 18.0 Å². The highest BCUT2D eigenvalue weighted by Crippen LogP contribution is 2.23. The Morgan fingerprint density at radius 1 is 1.13 bits per heavy atom. The number of aliphatic hydroxyl groups excluding tert-OH is 3. The second kappa shape index (κ2) is 4.61. The summed E-state index contributed by atoms with van der Waals surface area (Å²) >= 11 is 0. The molecule has 1 aromatic carbocycles. The van der Waals surface area contributed by atoms with E-state index in [0.29, 0.717) is 12.1 Å². The Balaban J connectivity index is 3.13. The highest BCUT2D eigenvalue weighted by Gasteiger charge is 2.23. The summed E-state index contributed by atoms with van der Waals surface area (Å²) in [6, 6.07) is 0.874. The Hall–Kier alpha value is -1.11. The molecule has 0 heterocycles. The monoisotopic (exact) mass is 222 g/mol. The minimum atomic E-state index is -1.87. The van der Waals surface area contributed by atoms with Crippen LogP contribution in [0.4, 0.5) is 13.2 Å². The van der Waals surface area contributed by atoms with Crippen LogP contribution < -0.4 is 0 Å². The van der Waals surface area contributed by atoms with Crippen LogP contribution in [0.15, 0.2) is 12.1 Å². The molecule has 6 heteroatoms. The Bertz CT molecular complexity index is 357. The highest BCUT2D eigenvalue weighted by atomic mass is 19.2. The fraction of sp³-hybridized carbons (Fsp3) is 0.333. The summed E-state index contributed by atoms with van der Waals surface area (Å²) in [5.41, 5.74) is -0.728. The molecule has 0 fully saturated rings. The third-order valence-corrected chi connectivity index (χ3v) is 1.89. The summed E-state index contributed by atoms with van der Waals surface area (Å²) in [5.74, 6) is -3.99. The van der Waals surface area contributed by atoms with Gasteiger partial charge in [0.2, 0.25) is 0 Å². The van der Waals surface area contributed by atoms with Crippen LogP contribution >= 0.6 is 0 Å². The maximum atomic E-state index is 13.0. The molecule has 2 atom stereocenters. The summed E-state index contributed by atoms with van der Waals surface area (Å²) in [6.07, 6.45) is -3.57. The molecular formula is C9H9F3O3. The van der Waals surface area contributed by atoms with Gasteiger partial charge < -0.3 is 15.3 Å². The van der Waals surface area contributed by atoms with Crippen molar-refractivity contribution in [3.63, 3.8) is 0 Å². The molecule has 0 amide bonds. The van der Waals surface area contributed by atoms with E-state index in [2.05, 4.69) is 0 Å². The molecule has 0 saturated carbocycles. The van der Waals surface area contributed by atoms with Crippen LogP contribution in [-0.2, 0) is 0 Å². The first kappa shape index (κ1) is 12.0. The van der Waals surface area contributed by atoms with E-state index in [-0.39, 0.29) is 0 Å². The van der Waals surface area contributed by atoms with E-state index in [0.717, 1.165) is 0 Å². The molecular weight excluding hydrogens is 213 g/mol. The van der Waals surface area contributed by atoms with Crippen molar-refractivity contribution in [2.75, 3.05) is 6.61 Å². The van der Waals surface area contributed by atoms with Crippen molar-refractivity contribution in [1.29, 1.82) is 0 Å². The lowest BCUT2D eigenvalue weighted by Gasteiger charge is -2.16. The molecule has 0 aliphatic carbocycles. The van der Waals surface area contributed by atoms with Crippen LogP contribution in [0.3, 0.4) is 0 Å². The van der Waals surface area contributed by atoms with Crippen molar-refractivity contribution in [1.82, 2.24) is 0 Å². The quantitative estimate of drug-likeness (QED) is 0.652. The van der Waals surface area contributed by atoms with E-state index in [9.17, 15) is 18.3 Å². The van der Waals surface area contributed by atoms with Gasteiger partial charge in [-0.05, 0) is 6.07 Å². The topological polar surface area (TPSA) is 60.7 Å². The number of benzene rings is 1. The van der Waals surface area contributed by atoms with E-state index in [1.165, 1.54) is 0 Å². The largest absolute Gasteiger partial charge is 0.394 e. The van der Waals surface area contributed by atoms with Gasteiger partial charge in [0.25, 0.3) is 0 Å². The van der Waals surface area contributed by atoms with Crippen LogP contribution in [0.1, 0.15) is 11.7 Å². The van der Waals surface area contributed by atoms with Crippen molar-refractivity contribution in [3.8, 4) is 0 Å². The molecule has 1 aromatic rings. The number of aliphatic hydroxyl groups is 3. The number of hydrogen-bond acceptors (Lipinski definition) is 3. The zero-order chi connectivity index (χ0) is 11.6. The Kier molecular flexibility index (Phi) is 3.67. The predicted molar refractivity (Wildman–Crippen MR) is 44.4 cm³/mol. The standard InChI is InChI=1S/C9H9F3O3/c10-4-1-5(8(12)6(11)2-4)9(15)7(14)3-13/h1-2,7,9,13-15H,3H2. The average molecular weight is 222 g/mol. The smallest absolute Gasteiger partial charge is 0.164 e. The van der Waals surface area contributed by atoms with Crippen molar-refractivity contribution in [3.05, 3.63) is 35.1 Å². The van der Waals surface area contributed by atoms with Gasteiger partial charge in [-0.15, -0.1) is 0 Å². The van der Waals surface area contributed by atoms with Crippen LogP contribution in [0, 0.1) is 17.5 Å². The molecule has 0 radical (unpaired) electrons. The van der Waals surface area contributed by atoms with E-state index < -0.39 is 41.8 Å². The molecule has 3 N–H and O–H groups in total. The number of halogens is 3. The fourth-order valence-corrected chi connectivity index (χ4v) is 1.10. The molecule has 3 nitrogen and oxygen atoms in total. The minimum absolute atomic E-state index is 0.316. The van der Waals surface area contributed by atoms with E-state index in [1.54, 1.807) is 0 Å². The van der Waals surface area contributed by atoms with E-state index in [4.69, 9.17) is 10.2 Å². The molecule has 0 aliphatic rings. The van der Waals surface area contributed by atoms with Crippen molar-refractivity contribution in [2.45, 2.75) is 12.2 Å². The Morgan fingerprint density at radius 2 is 1.73 bits per heavy atom. The van der Waals surface area contributed by atoms with Crippen LogP contribution in [-0.4, -0.2) is 28.0 Å². The predicted octanol–water partition coefficient (Wildman–Crippen LogP) is 0.491. The van der Waals surface area contributed by atoms with E-state index in [1.807, 2.05) is 0 Å². The lowest BCUT2D eigenvalue weighted by molar-refractivity contribution is -0.0172. The zero-order valence-corrected chi connectivity index (χ0v) is 7.49. The van der Waals surface area contributed by atoms with Gasteiger partial charge in [0, 0.05) is 11.6 Å². The molecule has 1 rings (SSSR count). The second-order valence-electron chi connectivity index (χ2n) is 2.99. The SMILES string of the molecule is OCC(O)C(O)c1cc(F)cc(F)c1F. The Labute approximate surface area is 83.4 Å². The molecule has 84 valence electrons. The molecule has 0 aliphatic heterocycles. The van der Waals surface area contributed by atoms with Gasteiger partial charge in [-0.1, -0.05) is 0 Å². The fourth-order valence-electron chi connectivity index (χ4n) is 1.10. The molecule has 0 bridgehead atoms. The highest BCUT2D eigenvalue weighted by molar-refractivity contribution is 5.23. The molecule has 15 heavy (non-hydrogen) atoms. The first-order chi connectivity index (χ1) is 6.97. The summed E-state index contributed by atoms with van der Waals surface area (Å²) in [5, 5.41) is 26.7. The van der Waals surface area contributed by atoms with Crippen molar-refractivity contribution < 1.29 is 28.5 Å². The van der Waals surface area contributed by atoms with Gasteiger partial charge in [-0.3, -0.25) is 0 Å². The average Bonchev–Trinajstić information content (AvgIpc) is 2.21. The number of hydrogen-bond donors (Lipinski definition) is 3. The van der Waals surface area contributed by atoms with Crippen LogP contribution in [0.2, 0.25) is 0 Å². The summed E-state index contributed by atoms with van der Waals surface area (Å²) in [4.78, 5) is 0. The van der Waals surface area contributed by atoms with Crippen LogP contribution in [0.5, 0.6) is 0 Å². The molecule has 2 unspecified atom stereocenters. The Morgan fingerprint density at radius 3 is 2.27 bits per heavy atom. The molecule has 0 spiro atoms. The summed E-state index contributed by atoms with van der Waals surface area (Å²) in [6.45, 7) is -0.848. The lowest BCUT2D eigenvalue weighted by atomic mass is 10.0. The zero-order valence-electron chi connectivity index (χ0n) is 7.49. The maximum absolute atomic E-state index is 13.0. The third kappa shape index (κ3) is 2.47. The lowest BCUT2D eigenvalue weighted by Crippen LogP contribution is -2.23. The van der Waals surface area contributed by atoms with Crippen LogP contribution in [0.25, 0.3) is 0 Å². The van der Waals surface area contributed by atoms with Gasteiger partial charge in [0.15, 0.2) is 11.6 Å². The normalized spacial score (nSPS) is 15.1. The number of rotatable bonds is 3. The van der Waals surface area contributed by atoms with E-state index >= 15 is 0 Å². The second-order valence-corrected chi connectivity index (χ2v) is 2.99. The molecule has 0 aromatic heterocycles. The summed E-state index contributed by atoms with van der Waals surface area (Å²) < 4.78 is 38.4. The van der Waals surface area contributed by atoms with Crippen molar-refractivity contribution >= 4 is 0 Å². The summed E-state index contributed by atoms with van der Waals surface area (Å²) in [7, 11) is 0. The maximum Gasteiger partial charge on any atom is 0.164 e. The minimum Gasteiger partial charge on any atom is -0.394 e. The first-order valence-electron chi connectivity index (χ1n) is 4.08. The van der Waals surface area contributed by atoms with Crippen molar-refractivity contribution in [2.24, 2.45) is 0 Å². The molecule has 0 saturated heterocycles.